The summed E-state index contributed by atoms with van der Waals surface area (Å²) in [7, 11) is 1.56. The average Bonchev–Trinajstić information content (AvgIpc) is 3.04. The molecule has 1 aliphatic rings. The molecular weight excluding hydrogens is 404 g/mol. The topological polar surface area (TPSA) is 67.9 Å². The van der Waals surface area contributed by atoms with E-state index in [-0.39, 0.29) is 11.8 Å². The van der Waals surface area contributed by atoms with Gasteiger partial charge in [-0.15, -0.1) is 0 Å². The Morgan fingerprint density at radius 1 is 0.812 bits per heavy atom. The fourth-order valence-corrected chi connectivity index (χ4v) is 3.58. The number of nitrogens with one attached hydrogen (secondary N) is 1. The molecule has 32 heavy (non-hydrogen) atoms. The first kappa shape index (κ1) is 21.2. The van der Waals surface area contributed by atoms with Crippen molar-refractivity contribution in [2.24, 2.45) is 0 Å². The lowest BCUT2D eigenvalue weighted by Crippen LogP contribution is -2.32. The number of anilines is 2. The Hall–Kier alpha value is -4.06. The number of imide groups is 1. The SMILES string of the molecule is COc1ccccc1NC1=C(c2ccc(OC(C)C)cc2)C(=O)N(c2ccccc2)C1=O. The normalized spacial score (nSPS) is 13.7. The molecule has 0 saturated carbocycles. The molecule has 1 aliphatic heterocycles. The van der Waals surface area contributed by atoms with Gasteiger partial charge in [-0.1, -0.05) is 42.5 Å². The molecule has 0 aliphatic carbocycles. The van der Waals surface area contributed by atoms with Gasteiger partial charge in [-0.2, -0.15) is 0 Å². The van der Waals surface area contributed by atoms with Gasteiger partial charge in [0, 0.05) is 0 Å². The van der Waals surface area contributed by atoms with Crippen molar-refractivity contribution in [3.63, 3.8) is 0 Å². The first-order valence-electron chi connectivity index (χ1n) is 10.3. The summed E-state index contributed by atoms with van der Waals surface area (Å²) in [4.78, 5) is 28.1. The lowest BCUT2D eigenvalue weighted by atomic mass is 10.0. The summed E-state index contributed by atoms with van der Waals surface area (Å²) in [6, 6.07) is 23.3. The number of methoxy groups -OCH3 is 1. The number of para-hydroxylation sites is 3. The summed E-state index contributed by atoms with van der Waals surface area (Å²) in [5.41, 5.74) is 2.21. The van der Waals surface area contributed by atoms with Crippen LogP contribution in [0.3, 0.4) is 0 Å². The number of benzene rings is 3. The van der Waals surface area contributed by atoms with Crippen molar-refractivity contribution in [1.29, 1.82) is 0 Å². The number of nitrogens with zero attached hydrogens (tertiary/aromatic N) is 1. The summed E-state index contributed by atoms with van der Waals surface area (Å²) in [5.74, 6) is 0.444. The van der Waals surface area contributed by atoms with E-state index in [1.165, 1.54) is 4.90 Å². The van der Waals surface area contributed by atoms with Gasteiger partial charge >= 0.3 is 0 Å². The molecule has 6 nitrogen and oxygen atoms in total. The maximum Gasteiger partial charge on any atom is 0.282 e. The molecular formula is C26H24N2O4. The molecule has 162 valence electrons. The minimum atomic E-state index is -0.426. The molecule has 1 heterocycles. The van der Waals surface area contributed by atoms with Crippen LogP contribution in [0.15, 0.2) is 84.6 Å². The van der Waals surface area contributed by atoms with Crippen LogP contribution in [-0.4, -0.2) is 25.0 Å². The third kappa shape index (κ3) is 4.07. The van der Waals surface area contributed by atoms with Gasteiger partial charge in [0.2, 0.25) is 0 Å². The molecule has 0 spiro atoms. The third-order valence-electron chi connectivity index (χ3n) is 4.98. The van der Waals surface area contributed by atoms with E-state index in [1.807, 2.05) is 32.0 Å². The number of hydrogen-bond donors (Lipinski definition) is 1. The van der Waals surface area contributed by atoms with Gasteiger partial charge in [-0.25, -0.2) is 4.90 Å². The average molecular weight is 428 g/mol. The Kier molecular flexibility index (Phi) is 5.94. The van der Waals surface area contributed by atoms with E-state index in [0.717, 1.165) is 0 Å². The Morgan fingerprint density at radius 3 is 2.12 bits per heavy atom. The molecule has 2 amide bonds. The lowest BCUT2D eigenvalue weighted by Gasteiger charge is -2.15. The molecule has 6 heteroatoms. The standard InChI is InChI=1S/C26H24N2O4/c1-17(2)32-20-15-13-18(14-16-20)23-24(27-21-11-7-8-12-22(21)31-3)26(30)28(25(23)29)19-9-5-4-6-10-19/h4-17,27H,1-3H3. The maximum atomic E-state index is 13.5. The second-order valence-electron chi connectivity index (χ2n) is 7.55. The van der Waals surface area contributed by atoms with E-state index >= 15 is 0 Å². The second-order valence-corrected chi connectivity index (χ2v) is 7.55. The summed E-state index contributed by atoms with van der Waals surface area (Å²) < 4.78 is 11.1. The molecule has 3 aromatic rings. The minimum absolute atomic E-state index is 0.0334. The van der Waals surface area contributed by atoms with Gasteiger partial charge in [-0.3, -0.25) is 9.59 Å². The van der Waals surface area contributed by atoms with Crippen LogP contribution < -0.4 is 19.7 Å². The quantitative estimate of drug-likeness (QED) is 0.544. The lowest BCUT2D eigenvalue weighted by molar-refractivity contribution is -0.120. The van der Waals surface area contributed by atoms with E-state index in [9.17, 15) is 9.59 Å². The van der Waals surface area contributed by atoms with Gasteiger partial charge in [0.05, 0.1) is 30.2 Å². The maximum absolute atomic E-state index is 13.5. The summed E-state index contributed by atoms with van der Waals surface area (Å²) in [6.07, 6.45) is 0.0334. The first-order chi connectivity index (χ1) is 15.5. The van der Waals surface area contributed by atoms with Crippen LogP contribution in [0.5, 0.6) is 11.5 Å². The van der Waals surface area contributed by atoms with E-state index in [1.54, 1.807) is 67.8 Å². The van der Waals surface area contributed by atoms with Crippen molar-refractivity contribution in [1.82, 2.24) is 0 Å². The number of rotatable bonds is 7. The highest BCUT2D eigenvalue weighted by Gasteiger charge is 2.40. The van der Waals surface area contributed by atoms with Crippen LogP contribution in [0.4, 0.5) is 11.4 Å². The minimum Gasteiger partial charge on any atom is -0.495 e. The summed E-state index contributed by atoms with van der Waals surface area (Å²) in [5, 5.41) is 3.15. The molecule has 0 fully saturated rings. The zero-order valence-electron chi connectivity index (χ0n) is 18.2. The Balaban J connectivity index is 1.79. The molecule has 0 aromatic heterocycles. The van der Waals surface area contributed by atoms with Crippen LogP contribution in [0.1, 0.15) is 19.4 Å². The van der Waals surface area contributed by atoms with Gasteiger partial charge < -0.3 is 14.8 Å². The largest absolute Gasteiger partial charge is 0.495 e. The van der Waals surface area contributed by atoms with Crippen LogP contribution in [0, 0.1) is 0 Å². The zero-order valence-corrected chi connectivity index (χ0v) is 18.2. The van der Waals surface area contributed by atoms with Crippen molar-refractivity contribution in [3.05, 3.63) is 90.1 Å². The van der Waals surface area contributed by atoms with Crippen molar-refractivity contribution < 1.29 is 19.1 Å². The van der Waals surface area contributed by atoms with Gasteiger partial charge in [-0.05, 0) is 55.8 Å². The highest BCUT2D eigenvalue weighted by molar-refractivity contribution is 6.46. The van der Waals surface area contributed by atoms with Crippen LogP contribution in [0.25, 0.3) is 5.57 Å². The van der Waals surface area contributed by atoms with Crippen molar-refractivity contribution in [2.45, 2.75) is 20.0 Å². The Bertz CT molecular complexity index is 1170. The van der Waals surface area contributed by atoms with Crippen LogP contribution in [-0.2, 0) is 9.59 Å². The first-order valence-corrected chi connectivity index (χ1v) is 10.3. The summed E-state index contributed by atoms with van der Waals surface area (Å²) >= 11 is 0. The number of amides is 2. The molecule has 0 atom stereocenters. The van der Waals surface area contributed by atoms with E-state index in [0.29, 0.717) is 34.0 Å². The van der Waals surface area contributed by atoms with Gasteiger partial charge in [0.15, 0.2) is 0 Å². The molecule has 0 radical (unpaired) electrons. The fourth-order valence-electron chi connectivity index (χ4n) is 3.58. The van der Waals surface area contributed by atoms with Crippen molar-refractivity contribution >= 4 is 28.8 Å². The summed E-state index contributed by atoms with van der Waals surface area (Å²) in [6.45, 7) is 3.89. The van der Waals surface area contributed by atoms with Crippen molar-refractivity contribution in [3.8, 4) is 11.5 Å². The van der Waals surface area contributed by atoms with Gasteiger partial charge in [0.1, 0.15) is 17.2 Å². The van der Waals surface area contributed by atoms with Crippen molar-refractivity contribution in [2.75, 3.05) is 17.3 Å². The second kappa shape index (κ2) is 8.98. The predicted octanol–water partition coefficient (Wildman–Crippen LogP) is 4.88. The Labute approximate surface area is 187 Å². The van der Waals surface area contributed by atoms with E-state index < -0.39 is 11.8 Å². The predicted molar refractivity (Wildman–Crippen MR) is 125 cm³/mol. The van der Waals surface area contributed by atoms with E-state index in [4.69, 9.17) is 9.47 Å². The number of ether oxygens (including phenoxy) is 2. The van der Waals surface area contributed by atoms with Crippen LogP contribution in [0.2, 0.25) is 0 Å². The molecule has 0 unspecified atom stereocenters. The molecule has 0 saturated heterocycles. The monoisotopic (exact) mass is 428 g/mol. The molecule has 1 N–H and O–H groups in total. The van der Waals surface area contributed by atoms with E-state index in [2.05, 4.69) is 5.32 Å². The molecule has 0 bridgehead atoms. The number of hydrogen-bond acceptors (Lipinski definition) is 5. The highest BCUT2D eigenvalue weighted by Crippen LogP contribution is 2.36. The molecule has 4 rings (SSSR count). The van der Waals surface area contributed by atoms with Crippen LogP contribution >= 0.6 is 0 Å². The number of carbonyl (C=O) groups excluding carboxylic acids is 2. The third-order valence-corrected chi connectivity index (χ3v) is 4.98. The highest BCUT2D eigenvalue weighted by atomic mass is 16.5. The molecule has 3 aromatic carbocycles. The zero-order chi connectivity index (χ0) is 22.7. The number of carbonyl (C=O) groups is 2. The fraction of sp³-hybridized carbons (Fsp3) is 0.154. The van der Waals surface area contributed by atoms with Gasteiger partial charge in [0.25, 0.3) is 11.8 Å². The smallest absolute Gasteiger partial charge is 0.282 e. The Morgan fingerprint density at radius 2 is 1.47 bits per heavy atom.